The monoisotopic (exact) mass is 279 g/mol. The van der Waals surface area contributed by atoms with Crippen molar-refractivity contribution in [2.45, 2.75) is 51.0 Å². The maximum atomic E-state index is 3.81. The van der Waals surface area contributed by atoms with Crippen LogP contribution in [0.25, 0.3) is 10.8 Å². The molecule has 2 aliphatic carbocycles. The molecule has 21 heavy (non-hydrogen) atoms. The molecular formula is C20H25N. The summed E-state index contributed by atoms with van der Waals surface area (Å²) in [5.74, 6) is 0. The summed E-state index contributed by atoms with van der Waals surface area (Å²) in [5, 5.41) is 6.65. The maximum Gasteiger partial charge on any atom is 0.00684 e. The van der Waals surface area contributed by atoms with Crippen molar-refractivity contribution >= 4 is 10.8 Å². The zero-order valence-electron chi connectivity index (χ0n) is 12.8. The quantitative estimate of drug-likeness (QED) is 0.837. The Morgan fingerprint density at radius 3 is 2.52 bits per heavy atom. The first kappa shape index (κ1) is 13.3. The minimum Gasteiger partial charge on any atom is -0.313 e. The Morgan fingerprint density at radius 2 is 1.71 bits per heavy atom. The lowest BCUT2D eigenvalue weighted by atomic mass is 9.79. The van der Waals surface area contributed by atoms with Gasteiger partial charge in [0.25, 0.3) is 0 Å². The van der Waals surface area contributed by atoms with Gasteiger partial charge in [-0.15, -0.1) is 0 Å². The lowest BCUT2D eigenvalue weighted by Crippen LogP contribution is -2.35. The van der Waals surface area contributed by atoms with Crippen LogP contribution < -0.4 is 5.32 Å². The molecule has 0 aliphatic heterocycles. The molecule has 0 saturated heterocycles. The van der Waals surface area contributed by atoms with Gasteiger partial charge in [-0.2, -0.15) is 0 Å². The van der Waals surface area contributed by atoms with E-state index in [1.165, 1.54) is 62.3 Å². The van der Waals surface area contributed by atoms with Gasteiger partial charge < -0.3 is 5.32 Å². The molecule has 0 heterocycles. The Hall–Kier alpha value is -1.34. The van der Waals surface area contributed by atoms with E-state index in [-0.39, 0.29) is 0 Å². The van der Waals surface area contributed by atoms with E-state index in [9.17, 15) is 0 Å². The average molecular weight is 279 g/mol. The molecule has 4 rings (SSSR count). The van der Waals surface area contributed by atoms with Crippen molar-refractivity contribution in [2.24, 2.45) is 5.41 Å². The van der Waals surface area contributed by atoms with E-state index in [4.69, 9.17) is 0 Å². The summed E-state index contributed by atoms with van der Waals surface area (Å²) in [6.45, 7) is 1.22. The number of fused-ring (bicyclic) bond motifs is 1. The van der Waals surface area contributed by atoms with Crippen molar-refractivity contribution in [2.75, 3.05) is 6.54 Å². The van der Waals surface area contributed by atoms with Gasteiger partial charge in [-0.1, -0.05) is 55.3 Å². The molecule has 110 valence electrons. The van der Waals surface area contributed by atoms with Crippen LogP contribution in [0.15, 0.2) is 42.5 Å². The first-order valence-electron chi connectivity index (χ1n) is 8.55. The summed E-state index contributed by atoms with van der Waals surface area (Å²) < 4.78 is 0. The highest BCUT2D eigenvalue weighted by Gasteiger charge is 2.35. The van der Waals surface area contributed by atoms with Gasteiger partial charge in [-0.05, 0) is 53.9 Å². The van der Waals surface area contributed by atoms with Crippen molar-refractivity contribution in [3.63, 3.8) is 0 Å². The molecule has 1 N–H and O–H groups in total. The second-order valence-electron chi connectivity index (χ2n) is 7.18. The fraction of sp³-hybridized carbons (Fsp3) is 0.500. The largest absolute Gasteiger partial charge is 0.313 e. The predicted molar refractivity (Wildman–Crippen MR) is 89.6 cm³/mol. The molecular weight excluding hydrogens is 254 g/mol. The van der Waals surface area contributed by atoms with Crippen molar-refractivity contribution in [3.05, 3.63) is 48.0 Å². The third kappa shape index (κ3) is 2.85. The van der Waals surface area contributed by atoms with Crippen LogP contribution in [0.5, 0.6) is 0 Å². The van der Waals surface area contributed by atoms with Gasteiger partial charge in [0.1, 0.15) is 0 Å². The van der Waals surface area contributed by atoms with Crippen LogP contribution in [0, 0.1) is 5.41 Å². The highest BCUT2D eigenvalue weighted by atomic mass is 15.0. The normalized spacial score (nSPS) is 21.0. The number of nitrogens with one attached hydrogen (secondary N) is 1. The zero-order valence-corrected chi connectivity index (χ0v) is 12.8. The van der Waals surface area contributed by atoms with Crippen LogP contribution in [0.2, 0.25) is 0 Å². The van der Waals surface area contributed by atoms with Crippen LogP contribution in [-0.2, 0) is 6.42 Å². The maximum absolute atomic E-state index is 3.81. The molecule has 0 bridgehead atoms. The summed E-state index contributed by atoms with van der Waals surface area (Å²) in [6, 6.07) is 16.5. The van der Waals surface area contributed by atoms with Crippen molar-refractivity contribution < 1.29 is 0 Å². The molecule has 1 nitrogen and oxygen atoms in total. The third-order valence-corrected chi connectivity index (χ3v) is 5.45. The van der Waals surface area contributed by atoms with E-state index in [1.54, 1.807) is 5.56 Å². The molecule has 2 aliphatic rings. The number of benzene rings is 2. The molecule has 0 unspecified atom stereocenters. The highest BCUT2D eigenvalue weighted by Crippen LogP contribution is 2.42. The molecule has 1 heteroatoms. The fourth-order valence-corrected chi connectivity index (χ4v) is 4.04. The van der Waals surface area contributed by atoms with E-state index in [0.717, 1.165) is 6.04 Å². The Kier molecular flexibility index (Phi) is 3.46. The minimum absolute atomic E-state index is 0.507. The topological polar surface area (TPSA) is 12.0 Å². The van der Waals surface area contributed by atoms with Crippen molar-refractivity contribution in [1.82, 2.24) is 5.32 Å². The first-order valence-corrected chi connectivity index (χ1v) is 8.55. The van der Waals surface area contributed by atoms with Crippen LogP contribution >= 0.6 is 0 Å². The van der Waals surface area contributed by atoms with E-state index in [1.807, 2.05) is 0 Å². The van der Waals surface area contributed by atoms with Crippen LogP contribution in [0.4, 0.5) is 0 Å². The average Bonchev–Trinajstić information content (AvgIpc) is 3.25. The van der Waals surface area contributed by atoms with E-state index < -0.39 is 0 Å². The molecule has 0 amide bonds. The van der Waals surface area contributed by atoms with Gasteiger partial charge in [-0.3, -0.25) is 0 Å². The molecule has 2 aromatic carbocycles. The second kappa shape index (κ2) is 5.46. The standard InChI is InChI=1S/C20H25N/c1-2-9-19-16(6-1)7-5-8-17(19)14-20(12-3-4-13-20)15-21-18-10-11-18/h1-2,5-9,18,21H,3-4,10-15H2. The second-order valence-corrected chi connectivity index (χ2v) is 7.18. The molecule has 0 radical (unpaired) electrons. The summed E-state index contributed by atoms with van der Waals surface area (Å²) in [5.41, 5.74) is 2.06. The molecule has 2 saturated carbocycles. The van der Waals surface area contributed by atoms with Crippen LogP contribution in [0.1, 0.15) is 44.1 Å². The zero-order chi connectivity index (χ0) is 14.1. The summed E-state index contributed by atoms with van der Waals surface area (Å²) in [7, 11) is 0. The molecule has 2 fully saturated rings. The number of rotatable bonds is 5. The van der Waals surface area contributed by atoms with Gasteiger partial charge in [0, 0.05) is 12.6 Å². The molecule has 2 aromatic rings. The van der Waals surface area contributed by atoms with Crippen molar-refractivity contribution in [1.29, 1.82) is 0 Å². The number of hydrogen-bond acceptors (Lipinski definition) is 1. The van der Waals surface area contributed by atoms with Gasteiger partial charge in [0.15, 0.2) is 0 Å². The highest BCUT2D eigenvalue weighted by molar-refractivity contribution is 5.85. The summed E-state index contributed by atoms with van der Waals surface area (Å²) in [6.07, 6.45) is 9.66. The van der Waals surface area contributed by atoms with Gasteiger partial charge in [-0.25, -0.2) is 0 Å². The fourth-order valence-electron chi connectivity index (χ4n) is 4.04. The lowest BCUT2D eigenvalue weighted by Gasteiger charge is -2.30. The van der Waals surface area contributed by atoms with Gasteiger partial charge in [0.2, 0.25) is 0 Å². The Labute approximate surface area is 127 Å². The van der Waals surface area contributed by atoms with Crippen molar-refractivity contribution in [3.8, 4) is 0 Å². The Morgan fingerprint density at radius 1 is 0.952 bits per heavy atom. The molecule has 0 atom stereocenters. The molecule has 0 spiro atoms. The van der Waals surface area contributed by atoms with Gasteiger partial charge >= 0.3 is 0 Å². The minimum atomic E-state index is 0.507. The Balaban J connectivity index is 1.61. The SMILES string of the molecule is c1ccc2c(CC3(CNC4CC4)CCCC3)cccc2c1. The first-order chi connectivity index (χ1) is 10.3. The third-order valence-electron chi connectivity index (χ3n) is 5.45. The molecule has 0 aromatic heterocycles. The predicted octanol–water partition coefficient (Wildman–Crippen LogP) is 4.69. The van der Waals surface area contributed by atoms with E-state index in [2.05, 4.69) is 47.8 Å². The smallest absolute Gasteiger partial charge is 0.00684 e. The van der Waals surface area contributed by atoms with Gasteiger partial charge in [0.05, 0.1) is 0 Å². The van der Waals surface area contributed by atoms with E-state index >= 15 is 0 Å². The Bertz CT molecular complexity index is 615. The lowest BCUT2D eigenvalue weighted by molar-refractivity contribution is 0.277. The number of hydrogen-bond donors (Lipinski definition) is 1. The summed E-state index contributed by atoms with van der Waals surface area (Å²) in [4.78, 5) is 0. The van der Waals surface area contributed by atoms with E-state index in [0.29, 0.717) is 5.41 Å². The van der Waals surface area contributed by atoms with Crippen LogP contribution in [0.3, 0.4) is 0 Å². The summed E-state index contributed by atoms with van der Waals surface area (Å²) >= 11 is 0. The van der Waals surface area contributed by atoms with Crippen LogP contribution in [-0.4, -0.2) is 12.6 Å².